The maximum Gasteiger partial charge on any atom is 0.0590 e. The van der Waals surface area contributed by atoms with Crippen molar-refractivity contribution in [3.63, 3.8) is 0 Å². The Hall–Kier alpha value is -0.510. The van der Waals surface area contributed by atoms with Crippen molar-refractivity contribution in [3.8, 4) is 0 Å². The van der Waals surface area contributed by atoms with E-state index in [0.29, 0.717) is 6.04 Å². The van der Waals surface area contributed by atoms with Crippen LogP contribution in [-0.4, -0.2) is 26.0 Å². The molecule has 0 spiro atoms. The molecule has 1 unspecified atom stereocenters. The topological polar surface area (TPSA) is 21.3 Å². The summed E-state index contributed by atoms with van der Waals surface area (Å²) in [5, 5.41) is 3.44. The second kappa shape index (κ2) is 7.71. The summed E-state index contributed by atoms with van der Waals surface area (Å²) in [6.07, 6.45) is 2.10. The normalized spacial score (nSPS) is 12.7. The van der Waals surface area contributed by atoms with E-state index in [0.717, 1.165) is 19.8 Å². The zero-order chi connectivity index (χ0) is 11.8. The van der Waals surface area contributed by atoms with E-state index in [9.17, 15) is 0 Å². The molecule has 0 heterocycles. The molecule has 0 bridgehead atoms. The minimum atomic E-state index is 0.386. The fourth-order valence-corrected chi connectivity index (χ4v) is 1.91. The molecule has 0 saturated carbocycles. The van der Waals surface area contributed by atoms with Crippen molar-refractivity contribution in [2.75, 3.05) is 26.0 Å². The molecule has 0 aromatic heterocycles. The standard InChI is InChI=1S/C13H21NOS/c1-4-15-10-9-14-11(2)12-5-7-13(16-3)8-6-12/h5-8,11,14H,4,9-10H2,1-3H3. The maximum atomic E-state index is 5.29. The van der Waals surface area contributed by atoms with Gasteiger partial charge in [-0.25, -0.2) is 0 Å². The van der Waals surface area contributed by atoms with Crippen LogP contribution in [0, 0.1) is 0 Å². The lowest BCUT2D eigenvalue weighted by atomic mass is 10.1. The minimum absolute atomic E-state index is 0.386. The second-order valence-electron chi connectivity index (χ2n) is 3.65. The van der Waals surface area contributed by atoms with Crippen LogP contribution < -0.4 is 5.32 Å². The Bertz CT molecular complexity index is 286. The van der Waals surface area contributed by atoms with Crippen molar-refractivity contribution in [2.24, 2.45) is 0 Å². The van der Waals surface area contributed by atoms with Crippen molar-refractivity contribution in [1.82, 2.24) is 5.32 Å². The molecular formula is C13H21NOS. The Labute approximate surface area is 103 Å². The Morgan fingerprint density at radius 3 is 2.56 bits per heavy atom. The number of ether oxygens (including phenoxy) is 1. The maximum absolute atomic E-state index is 5.29. The van der Waals surface area contributed by atoms with Crippen LogP contribution in [0.3, 0.4) is 0 Å². The molecule has 1 N–H and O–H groups in total. The fourth-order valence-electron chi connectivity index (χ4n) is 1.50. The molecule has 90 valence electrons. The van der Waals surface area contributed by atoms with Crippen molar-refractivity contribution in [2.45, 2.75) is 24.8 Å². The summed E-state index contributed by atoms with van der Waals surface area (Å²) in [5.74, 6) is 0. The summed E-state index contributed by atoms with van der Waals surface area (Å²) in [6.45, 7) is 6.67. The summed E-state index contributed by atoms with van der Waals surface area (Å²) >= 11 is 1.77. The highest BCUT2D eigenvalue weighted by Crippen LogP contribution is 2.18. The Kier molecular flexibility index (Phi) is 6.53. The third-order valence-corrected chi connectivity index (χ3v) is 3.26. The number of rotatable bonds is 7. The first kappa shape index (κ1) is 13.6. The van der Waals surface area contributed by atoms with Crippen LogP contribution >= 0.6 is 11.8 Å². The zero-order valence-electron chi connectivity index (χ0n) is 10.3. The van der Waals surface area contributed by atoms with Crippen LogP contribution in [0.1, 0.15) is 25.5 Å². The van der Waals surface area contributed by atoms with Gasteiger partial charge in [-0.15, -0.1) is 11.8 Å². The average Bonchev–Trinajstić information content (AvgIpc) is 2.34. The first-order valence-corrected chi connectivity index (χ1v) is 6.95. The molecule has 0 radical (unpaired) electrons. The molecule has 0 fully saturated rings. The number of thioether (sulfide) groups is 1. The van der Waals surface area contributed by atoms with E-state index < -0.39 is 0 Å². The van der Waals surface area contributed by atoms with Crippen molar-refractivity contribution >= 4 is 11.8 Å². The predicted molar refractivity (Wildman–Crippen MR) is 71.1 cm³/mol. The Morgan fingerprint density at radius 2 is 2.00 bits per heavy atom. The lowest BCUT2D eigenvalue weighted by molar-refractivity contribution is 0.147. The fraction of sp³-hybridized carbons (Fsp3) is 0.538. The van der Waals surface area contributed by atoms with E-state index >= 15 is 0 Å². The lowest BCUT2D eigenvalue weighted by Gasteiger charge is -2.14. The van der Waals surface area contributed by atoms with Gasteiger partial charge < -0.3 is 10.1 Å². The highest BCUT2D eigenvalue weighted by molar-refractivity contribution is 7.98. The van der Waals surface area contributed by atoms with Crippen molar-refractivity contribution in [1.29, 1.82) is 0 Å². The average molecular weight is 239 g/mol. The van der Waals surface area contributed by atoms with Gasteiger partial charge in [0.15, 0.2) is 0 Å². The van der Waals surface area contributed by atoms with Crippen LogP contribution in [0.25, 0.3) is 0 Å². The molecule has 0 saturated heterocycles. The molecule has 3 heteroatoms. The molecule has 1 rings (SSSR count). The number of hydrogen-bond donors (Lipinski definition) is 1. The second-order valence-corrected chi connectivity index (χ2v) is 4.53. The molecular weight excluding hydrogens is 218 g/mol. The highest BCUT2D eigenvalue weighted by atomic mass is 32.2. The van der Waals surface area contributed by atoms with E-state index in [2.05, 4.69) is 42.8 Å². The van der Waals surface area contributed by atoms with Gasteiger partial charge in [0.25, 0.3) is 0 Å². The van der Waals surface area contributed by atoms with Crippen molar-refractivity contribution < 1.29 is 4.74 Å². The first-order chi connectivity index (χ1) is 7.77. The molecule has 2 nitrogen and oxygen atoms in total. The van der Waals surface area contributed by atoms with E-state index in [1.54, 1.807) is 11.8 Å². The molecule has 0 aliphatic rings. The third kappa shape index (κ3) is 4.56. The van der Waals surface area contributed by atoms with Crippen LogP contribution in [0.2, 0.25) is 0 Å². The van der Waals surface area contributed by atoms with Gasteiger partial charge in [0.05, 0.1) is 6.61 Å². The molecule has 0 aliphatic heterocycles. The smallest absolute Gasteiger partial charge is 0.0590 e. The quantitative estimate of drug-likeness (QED) is 0.583. The number of benzene rings is 1. The first-order valence-electron chi connectivity index (χ1n) is 5.73. The summed E-state index contributed by atoms with van der Waals surface area (Å²) in [6, 6.07) is 9.09. The van der Waals surface area contributed by atoms with Crippen molar-refractivity contribution in [3.05, 3.63) is 29.8 Å². The summed E-state index contributed by atoms with van der Waals surface area (Å²) < 4.78 is 5.29. The van der Waals surface area contributed by atoms with Gasteiger partial charge >= 0.3 is 0 Å². The monoisotopic (exact) mass is 239 g/mol. The number of hydrogen-bond acceptors (Lipinski definition) is 3. The highest BCUT2D eigenvalue weighted by Gasteiger charge is 2.03. The largest absolute Gasteiger partial charge is 0.380 e. The summed E-state index contributed by atoms with van der Waals surface area (Å²) in [7, 11) is 0. The minimum Gasteiger partial charge on any atom is -0.380 e. The molecule has 0 aliphatic carbocycles. The van der Waals surface area contributed by atoms with E-state index in [1.807, 2.05) is 6.92 Å². The Balaban J connectivity index is 2.37. The van der Waals surface area contributed by atoms with Gasteiger partial charge in [-0.3, -0.25) is 0 Å². The van der Waals surface area contributed by atoms with E-state index in [4.69, 9.17) is 4.74 Å². The van der Waals surface area contributed by atoms with Gasteiger partial charge in [0.2, 0.25) is 0 Å². The lowest BCUT2D eigenvalue weighted by Crippen LogP contribution is -2.23. The van der Waals surface area contributed by atoms with Crippen LogP contribution in [0.4, 0.5) is 0 Å². The van der Waals surface area contributed by atoms with Gasteiger partial charge in [-0.05, 0) is 37.8 Å². The zero-order valence-corrected chi connectivity index (χ0v) is 11.1. The van der Waals surface area contributed by atoms with Crippen LogP contribution in [0.5, 0.6) is 0 Å². The van der Waals surface area contributed by atoms with E-state index in [1.165, 1.54) is 10.5 Å². The predicted octanol–water partition coefficient (Wildman–Crippen LogP) is 3.10. The molecule has 1 aromatic carbocycles. The summed E-state index contributed by atoms with van der Waals surface area (Å²) in [4.78, 5) is 1.31. The van der Waals surface area contributed by atoms with E-state index in [-0.39, 0.29) is 0 Å². The molecule has 16 heavy (non-hydrogen) atoms. The van der Waals surface area contributed by atoms with Crippen LogP contribution in [-0.2, 0) is 4.74 Å². The van der Waals surface area contributed by atoms with Gasteiger partial charge in [-0.1, -0.05) is 12.1 Å². The van der Waals surface area contributed by atoms with Gasteiger partial charge in [0, 0.05) is 24.1 Å². The van der Waals surface area contributed by atoms with Crippen LogP contribution in [0.15, 0.2) is 29.2 Å². The molecule has 1 atom stereocenters. The third-order valence-electron chi connectivity index (χ3n) is 2.52. The van der Waals surface area contributed by atoms with Gasteiger partial charge in [0.1, 0.15) is 0 Å². The SMILES string of the molecule is CCOCCNC(C)c1ccc(SC)cc1. The van der Waals surface area contributed by atoms with Gasteiger partial charge in [-0.2, -0.15) is 0 Å². The number of nitrogens with one attached hydrogen (secondary N) is 1. The Morgan fingerprint density at radius 1 is 1.31 bits per heavy atom. The molecule has 0 amide bonds. The molecule has 1 aromatic rings. The summed E-state index contributed by atoms with van der Waals surface area (Å²) in [5.41, 5.74) is 1.33.